The third-order valence-corrected chi connectivity index (χ3v) is 3.98. The third-order valence-electron chi connectivity index (χ3n) is 2.68. The Morgan fingerprint density at radius 1 is 1.10 bits per heavy atom. The maximum absolute atomic E-state index is 12.9. The van der Waals surface area contributed by atoms with Crippen LogP contribution in [0, 0.1) is 0 Å². The molecule has 0 amide bonds. The molecule has 2 rings (SSSR count). The number of halogens is 6. The fraction of sp³-hybridized carbons (Fsp3) is 0.0769. The van der Waals surface area contributed by atoms with Crippen LogP contribution < -0.4 is 0 Å². The van der Waals surface area contributed by atoms with Gasteiger partial charge in [-0.25, -0.2) is 0 Å². The molecule has 0 aliphatic carbocycles. The molecule has 0 aliphatic heterocycles. The van der Waals surface area contributed by atoms with Crippen molar-refractivity contribution in [1.29, 1.82) is 0 Å². The van der Waals surface area contributed by atoms with E-state index in [9.17, 15) is 18.0 Å². The second kappa shape index (κ2) is 5.83. The summed E-state index contributed by atoms with van der Waals surface area (Å²) in [5, 5.41) is 0.223. The van der Waals surface area contributed by atoms with Crippen molar-refractivity contribution in [3.63, 3.8) is 0 Å². The topological polar surface area (TPSA) is 30.0 Å². The van der Waals surface area contributed by atoms with E-state index < -0.39 is 17.4 Å². The highest BCUT2D eigenvalue weighted by Gasteiger charge is 2.34. The van der Waals surface area contributed by atoms with Crippen molar-refractivity contribution >= 4 is 41.1 Å². The average molecular weight is 355 g/mol. The van der Waals surface area contributed by atoms with Crippen molar-refractivity contribution in [3.05, 3.63) is 50.7 Å². The van der Waals surface area contributed by atoms with Gasteiger partial charge in [0.2, 0.25) is 0 Å². The first-order chi connectivity index (χ1) is 9.75. The summed E-state index contributed by atoms with van der Waals surface area (Å²) in [6.45, 7) is 0. The Hall–Kier alpha value is -1.30. The normalized spacial score (nSPS) is 11.5. The van der Waals surface area contributed by atoms with Gasteiger partial charge in [0.15, 0.2) is 6.29 Å². The quantitative estimate of drug-likeness (QED) is 0.523. The molecule has 0 radical (unpaired) electrons. The molecule has 0 fully saturated rings. The second-order valence-electron chi connectivity index (χ2n) is 4.00. The van der Waals surface area contributed by atoms with E-state index in [1.54, 1.807) is 0 Å². The number of aldehydes is 1. The first-order valence-corrected chi connectivity index (χ1v) is 6.55. The molecule has 21 heavy (non-hydrogen) atoms. The van der Waals surface area contributed by atoms with Gasteiger partial charge in [-0.3, -0.25) is 9.78 Å². The molecule has 8 heteroatoms. The van der Waals surface area contributed by atoms with Crippen LogP contribution in [0.25, 0.3) is 11.1 Å². The number of nitrogens with zero attached hydrogens (tertiary/aromatic N) is 1. The van der Waals surface area contributed by atoms with E-state index in [1.807, 2.05) is 0 Å². The Morgan fingerprint density at radius 3 is 2.33 bits per heavy atom. The number of hydrogen-bond acceptors (Lipinski definition) is 2. The SMILES string of the molecule is O=Cc1ncc(-c2ccc(Cl)c(Cl)c2Cl)cc1C(F)(F)F. The molecule has 0 N–H and O–H groups in total. The van der Waals surface area contributed by atoms with Crippen LogP contribution in [-0.4, -0.2) is 11.3 Å². The summed E-state index contributed by atoms with van der Waals surface area (Å²) in [5.74, 6) is 0. The Balaban J connectivity index is 2.67. The summed E-state index contributed by atoms with van der Waals surface area (Å²) in [6, 6.07) is 3.63. The molecule has 1 heterocycles. The number of carbonyl (C=O) groups is 1. The monoisotopic (exact) mass is 353 g/mol. The molecule has 0 aliphatic rings. The van der Waals surface area contributed by atoms with Crippen molar-refractivity contribution in [1.82, 2.24) is 4.98 Å². The average Bonchev–Trinajstić information content (AvgIpc) is 2.43. The van der Waals surface area contributed by atoms with Crippen LogP contribution >= 0.6 is 34.8 Å². The van der Waals surface area contributed by atoms with Crippen LogP contribution in [0.1, 0.15) is 16.1 Å². The standard InChI is InChI=1S/C13H5Cl3F3NO/c14-9-2-1-7(11(15)12(9)16)6-3-8(13(17,18)19)10(5-21)20-4-6/h1-5H. The molecule has 0 saturated carbocycles. The molecular weight excluding hydrogens is 350 g/mol. The number of hydrogen-bond donors (Lipinski definition) is 0. The van der Waals surface area contributed by atoms with Crippen LogP contribution in [0.4, 0.5) is 13.2 Å². The van der Waals surface area contributed by atoms with E-state index in [0.29, 0.717) is 0 Å². The zero-order valence-corrected chi connectivity index (χ0v) is 12.3. The first kappa shape index (κ1) is 16.1. The molecule has 2 nitrogen and oxygen atoms in total. The largest absolute Gasteiger partial charge is 0.418 e. The van der Waals surface area contributed by atoms with Crippen molar-refractivity contribution in [2.75, 3.05) is 0 Å². The van der Waals surface area contributed by atoms with Crippen LogP contribution in [0.3, 0.4) is 0 Å². The number of benzene rings is 1. The molecule has 110 valence electrons. The molecular formula is C13H5Cl3F3NO. The van der Waals surface area contributed by atoms with E-state index >= 15 is 0 Å². The van der Waals surface area contributed by atoms with Crippen LogP contribution in [0.5, 0.6) is 0 Å². The molecule has 2 aromatic rings. The first-order valence-electron chi connectivity index (χ1n) is 5.42. The highest BCUT2D eigenvalue weighted by molar-refractivity contribution is 6.49. The Bertz CT molecular complexity index is 717. The summed E-state index contributed by atoms with van der Waals surface area (Å²) in [7, 11) is 0. The molecule has 1 aromatic heterocycles. The summed E-state index contributed by atoms with van der Waals surface area (Å²) >= 11 is 17.6. The number of carbonyl (C=O) groups excluding carboxylic acids is 1. The van der Waals surface area contributed by atoms with Gasteiger partial charge < -0.3 is 0 Å². The lowest BCUT2D eigenvalue weighted by molar-refractivity contribution is -0.138. The van der Waals surface area contributed by atoms with Gasteiger partial charge in [-0.15, -0.1) is 0 Å². The molecule has 0 atom stereocenters. The maximum atomic E-state index is 12.9. The predicted molar refractivity (Wildman–Crippen MR) is 75.1 cm³/mol. The third kappa shape index (κ3) is 3.15. The van der Waals surface area contributed by atoms with Crippen molar-refractivity contribution < 1.29 is 18.0 Å². The minimum atomic E-state index is -4.71. The van der Waals surface area contributed by atoms with E-state index in [0.717, 1.165) is 12.3 Å². The van der Waals surface area contributed by atoms with Gasteiger partial charge in [0.25, 0.3) is 0 Å². The fourth-order valence-electron chi connectivity index (χ4n) is 1.69. The van der Waals surface area contributed by atoms with Gasteiger partial charge in [-0.1, -0.05) is 40.9 Å². The summed E-state index contributed by atoms with van der Waals surface area (Å²) in [4.78, 5) is 14.2. The number of rotatable bonds is 2. The summed E-state index contributed by atoms with van der Waals surface area (Å²) in [6.07, 6.45) is -3.55. The lowest BCUT2D eigenvalue weighted by atomic mass is 10.0. The Morgan fingerprint density at radius 2 is 1.76 bits per heavy atom. The van der Waals surface area contributed by atoms with Gasteiger partial charge in [0.05, 0.1) is 20.6 Å². The maximum Gasteiger partial charge on any atom is 0.418 e. The molecule has 0 saturated heterocycles. The minimum absolute atomic E-state index is 0.0120. The summed E-state index contributed by atoms with van der Waals surface area (Å²) < 4.78 is 38.7. The van der Waals surface area contributed by atoms with E-state index in [1.165, 1.54) is 12.1 Å². The van der Waals surface area contributed by atoms with E-state index in [2.05, 4.69) is 4.98 Å². The number of alkyl halides is 3. The van der Waals surface area contributed by atoms with Crippen molar-refractivity contribution in [3.8, 4) is 11.1 Å². The van der Waals surface area contributed by atoms with Gasteiger partial charge >= 0.3 is 6.18 Å². The minimum Gasteiger partial charge on any atom is -0.296 e. The molecule has 1 aromatic carbocycles. The molecule has 0 unspecified atom stereocenters. The van der Waals surface area contributed by atoms with Gasteiger partial charge in [0.1, 0.15) is 5.69 Å². The van der Waals surface area contributed by atoms with Crippen LogP contribution in [-0.2, 0) is 6.18 Å². The lowest BCUT2D eigenvalue weighted by Crippen LogP contribution is -2.10. The highest BCUT2D eigenvalue weighted by atomic mass is 35.5. The highest BCUT2D eigenvalue weighted by Crippen LogP contribution is 2.39. The zero-order chi connectivity index (χ0) is 15.8. The van der Waals surface area contributed by atoms with Gasteiger partial charge in [0, 0.05) is 17.3 Å². The van der Waals surface area contributed by atoms with Crippen LogP contribution in [0.2, 0.25) is 15.1 Å². The van der Waals surface area contributed by atoms with Gasteiger partial charge in [-0.2, -0.15) is 13.2 Å². The van der Waals surface area contributed by atoms with Crippen LogP contribution in [0.15, 0.2) is 24.4 Å². The fourth-order valence-corrected chi connectivity index (χ4v) is 2.34. The van der Waals surface area contributed by atoms with E-state index in [4.69, 9.17) is 34.8 Å². The Labute approximate surface area is 132 Å². The second-order valence-corrected chi connectivity index (χ2v) is 5.16. The lowest BCUT2D eigenvalue weighted by Gasteiger charge is -2.12. The molecule has 0 bridgehead atoms. The smallest absolute Gasteiger partial charge is 0.296 e. The zero-order valence-electron chi connectivity index (χ0n) is 10.0. The predicted octanol–water partition coefficient (Wildman–Crippen LogP) is 5.54. The Kier molecular flexibility index (Phi) is 4.46. The summed E-state index contributed by atoms with van der Waals surface area (Å²) in [5.41, 5.74) is -1.52. The number of pyridine rings is 1. The van der Waals surface area contributed by atoms with Crippen molar-refractivity contribution in [2.45, 2.75) is 6.18 Å². The van der Waals surface area contributed by atoms with E-state index in [-0.39, 0.29) is 32.5 Å². The number of aromatic nitrogens is 1. The van der Waals surface area contributed by atoms with Gasteiger partial charge in [-0.05, 0) is 12.1 Å². The molecule has 0 spiro atoms. The van der Waals surface area contributed by atoms with Crippen molar-refractivity contribution in [2.24, 2.45) is 0 Å².